The third-order valence-electron chi connectivity index (χ3n) is 1.50. The molecule has 0 aliphatic heterocycles. The summed E-state index contributed by atoms with van der Waals surface area (Å²) in [5, 5.41) is 2.12. The first kappa shape index (κ1) is 10.6. The molecule has 0 saturated carbocycles. The van der Waals surface area contributed by atoms with Gasteiger partial charge in [0.25, 0.3) is 11.8 Å². The predicted molar refractivity (Wildman–Crippen MR) is 47.2 cm³/mol. The van der Waals surface area contributed by atoms with Crippen molar-refractivity contribution >= 4 is 5.91 Å². The molecule has 0 spiro atoms. The third kappa shape index (κ3) is 3.47. The molecule has 1 N–H and O–H groups in total. The van der Waals surface area contributed by atoms with E-state index in [0.29, 0.717) is 5.56 Å². The Kier molecular flexibility index (Phi) is 3.11. The van der Waals surface area contributed by atoms with E-state index < -0.39 is 18.4 Å². The number of aromatic nitrogens is 1. The van der Waals surface area contributed by atoms with Gasteiger partial charge in [0.15, 0.2) is 0 Å². The highest BCUT2D eigenvalue weighted by molar-refractivity contribution is 5.93. The lowest BCUT2D eigenvalue weighted by atomic mass is 10.2. The first-order valence-corrected chi connectivity index (χ1v) is 4.05. The number of rotatable bonds is 3. The predicted octanol–water partition coefficient (Wildman–Crippen LogP) is 1.47. The minimum atomic E-state index is -2.89. The first-order valence-electron chi connectivity index (χ1n) is 4.05. The molecule has 0 fully saturated rings. The first-order chi connectivity index (χ1) is 6.49. The van der Waals surface area contributed by atoms with Gasteiger partial charge in [-0.3, -0.25) is 9.78 Å². The number of hydrogen-bond acceptors (Lipinski definition) is 2. The zero-order chi connectivity index (χ0) is 10.6. The van der Waals surface area contributed by atoms with E-state index in [1.54, 1.807) is 0 Å². The molecule has 0 unspecified atom stereocenters. The van der Waals surface area contributed by atoms with E-state index in [4.69, 9.17) is 0 Å². The fourth-order valence-corrected chi connectivity index (χ4v) is 0.841. The molecule has 1 heterocycles. The van der Waals surface area contributed by atoms with E-state index in [0.717, 1.165) is 6.92 Å². The van der Waals surface area contributed by atoms with Crippen molar-refractivity contribution in [1.29, 1.82) is 0 Å². The van der Waals surface area contributed by atoms with Crippen LogP contribution in [0.15, 0.2) is 24.5 Å². The van der Waals surface area contributed by atoms with Gasteiger partial charge in [0.1, 0.15) is 0 Å². The van der Waals surface area contributed by atoms with Crippen LogP contribution in [0.5, 0.6) is 0 Å². The number of hydrogen-bond donors (Lipinski definition) is 1. The summed E-state index contributed by atoms with van der Waals surface area (Å²) >= 11 is 0. The molecular formula is C9H10F2N2O. The summed E-state index contributed by atoms with van der Waals surface area (Å²) in [6.07, 6.45) is 2.86. The molecule has 14 heavy (non-hydrogen) atoms. The van der Waals surface area contributed by atoms with Crippen molar-refractivity contribution in [1.82, 2.24) is 10.3 Å². The fraction of sp³-hybridized carbons (Fsp3) is 0.333. The van der Waals surface area contributed by atoms with Crippen molar-refractivity contribution in [3.63, 3.8) is 0 Å². The van der Waals surface area contributed by atoms with Crippen LogP contribution in [-0.2, 0) is 0 Å². The minimum absolute atomic E-state index is 0.323. The van der Waals surface area contributed by atoms with Gasteiger partial charge in [-0.1, -0.05) is 0 Å². The van der Waals surface area contributed by atoms with Gasteiger partial charge in [0.2, 0.25) is 0 Å². The molecule has 0 aliphatic rings. The molecule has 1 rings (SSSR count). The van der Waals surface area contributed by atoms with Crippen molar-refractivity contribution in [3.05, 3.63) is 30.1 Å². The van der Waals surface area contributed by atoms with Crippen molar-refractivity contribution in [2.45, 2.75) is 12.8 Å². The summed E-state index contributed by atoms with van der Waals surface area (Å²) < 4.78 is 24.7. The second-order valence-corrected chi connectivity index (χ2v) is 2.99. The molecule has 0 radical (unpaired) electrons. The Morgan fingerprint density at radius 3 is 2.57 bits per heavy atom. The number of pyridine rings is 1. The highest BCUT2D eigenvalue weighted by Gasteiger charge is 2.21. The maximum Gasteiger partial charge on any atom is 0.262 e. The fourth-order valence-electron chi connectivity index (χ4n) is 0.841. The number of carbonyl (C=O) groups is 1. The topological polar surface area (TPSA) is 42.0 Å². The Labute approximate surface area is 80.2 Å². The molecule has 0 aliphatic carbocycles. The highest BCUT2D eigenvalue weighted by Crippen LogP contribution is 2.09. The summed E-state index contributed by atoms with van der Waals surface area (Å²) in [5.74, 6) is -3.41. The SMILES string of the molecule is CC(F)(F)CNC(=O)c1ccncc1. The molecule has 5 heteroatoms. The van der Waals surface area contributed by atoms with E-state index in [1.807, 2.05) is 0 Å². The van der Waals surface area contributed by atoms with E-state index in [1.165, 1.54) is 24.5 Å². The maximum atomic E-state index is 12.4. The van der Waals surface area contributed by atoms with Crippen LogP contribution < -0.4 is 5.32 Å². The van der Waals surface area contributed by atoms with Crippen LogP contribution in [0.3, 0.4) is 0 Å². The average Bonchev–Trinajstić information content (AvgIpc) is 2.14. The van der Waals surface area contributed by atoms with Gasteiger partial charge in [-0.05, 0) is 12.1 Å². The lowest BCUT2D eigenvalue weighted by Gasteiger charge is -2.10. The molecule has 76 valence electrons. The molecule has 0 saturated heterocycles. The van der Waals surface area contributed by atoms with Crippen molar-refractivity contribution in [2.75, 3.05) is 6.54 Å². The lowest BCUT2D eigenvalue weighted by molar-refractivity contribution is 0.0221. The maximum absolute atomic E-state index is 12.4. The van der Waals surface area contributed by atoms with Gasteiger partial charge in [-0.25, -0.2) is 8.78 Å². The number of alkyl halides is 2. The third-order valence-corrected chi connectivity index (χ3v) is 1.50. The Morgan fingerprint density at radius 2 is 2.07 bits per heavy atom. The number of amides is 1. The van der Waals surface area contributed by atoms with E-state index in [9.17, 15) is 13.6 Å². The summed E-state index contributed by atoms with van der Waals surface area (Å²) in [4.78, 5) is 14.9. The molecule has 0 aromatic carbocycles. The molecule has 1 aromatic rings. The Balaban J connectivity index is 2.52. The Morgan fingerprint density at radius 1 is 1.50 bits per heavy atom. The molecule has 0 bridgehead atoms. The zero-order valence-corrected chi connectivity index (χ0v) is 7.63. The molecule has 1 aromatic heterocycles. The smallest absolute Gasteiger partial charge is 0.262 e. The summed E-state index contributed by atoms with van der Waals surface area (Å²) in [6.45, 7) is 0.0913. The number of nitrogens with one attached hydrogen (secondary N) is 1. The van der Waals surface area contributed by atoms with Gasteiger partial charge in [0.05, 0.1) is 6.54 Å². The Bertz CT molecular complexity index is 308. The number of nitrogens with zero attached hydrogens (tertiary/aromatic N) is 1. The van der Waals surface area contributed by atoms with Crippen LogP contribution in [-0.4, -0.2) is 23.4 Å². The molecule has 0 atom stereocenters. The lowest BCUT2D eigenvalue weighted by Crippen LogP contribution is -2.34. The van der Waals surface area contributed by atoms with Crippen LogP contribution in [0, 0.1) is 0 Å². The van der Waals surface area contributed by atoms with E-state index in [2.05, 4.69) is 10.3 Å². The Hall–Kier alpha value is -1.52. The van der Waals surface area contributed by atoms with Gasteiger partial charge >= 0.3 is 0 Å². The van der Waals surface area contributed by atoms with Crippen LogP contribution in [0.2, 0.25) is 0 Å². The van der Waals surface area contributed by atoms with Crippen LogP contribution in [0.25, 0.3) is 0 Å². The number of halogens is 2. The van der Waals surface area contributed by atoms with Crippen LogP contribution in [0.1, 0.15) is 17.3 Å². The van der Waals surface area contributed by atoms with E-state index >= 15 is 0 Å². The molecule has 1 amide bonds. The largest absolute Gasteiger partial charge is 0.346 e. The van der Waals surface area contributed by atoms with Crippen molar-refractivity contribution in [3.8, 4) is 0 Å². The highest BCUT2D eigenvalue weighted by atomic mass is 19.3. The molecular weight excluding hydrogens is 190 g/mol. The standard InChI is InChI=1S/C9H10F2N2O/c1-9(10,11)6-13-8(14)7-2-4-12-5-3-7/h2-5H,6H2,1H3,(H,13,14). The molecule has 3 nitrogen and oxygen atoms in total. The minimum Gasteiger partial charge on any atom is -0.346 e. The quantitative estimate of drug-likeness (QED) is 0.802. The summed E-state index contributed by atoms with van der Waals surface area (Å²) in [6, 6.07) is 2.92. The second kappa shape index (κ2) is 4.13. The average molecular weight is 200 g/mol. The van der Waals surface area contributed by atoms with Crippen molar-refractivity contribution < 1.29 is 13.6 Å². The van der Waals surface area contributed by atoms with Crippen LogP contribution >= 0.6 is 0 Å². The van der Waals surface area contributed by atoms with Gasteiger partial charge < -0.3 is 5.32 Å². The second-order valence-electron chi connectivity index (χ2n) is 2.99. The van der Waals surface area contributed by atoms with Crippen LogP contribution in [0.4, 0.5) is 8.78 Å². The normalized spacial score (nSPS) is 11.1. The van der Waals surface area contributed by atoms with Gasteiger partial charge in [-0.15, -0.1) is 0 Å². The summed E-state index contributed by atoms with van der Waals surface area (Å²) in [5.41, 5.74) is 0.323. The number of carbonyl (C=O) groups excluding carboxylic acids is 1. The zero-order valence-electron chi connectivity index (χ0n) is 7.63. The van der Waals surface area contributed by atoms with Crippen molar-refractivity contribution in [2.24, 2.45) is 0 Å². The monoisotopic (exact) mass is 200 g/mol. The van der Waals surface area contributed by atoms with Gasteiger partial charge in [0, 0.05) is 24.9 Å². The summed E-state index contributed by atoms with van der Waals surface area (Å²) in [7, 11) is 0. The van der Waals surface area contributed by atoms with Gasteiger partial charge in [-0.2, -0.15) is 0 Å². The van der Waals surface area contributed by atoms with E-state index in [-0.39, 0.29) is 0 Å².